The predicted octanol–water partition coefficient (Wildman–Crippen LogP) is 4.47. The van der Waals surface area contributed by atoms with Gasteiger partial charge >= 0.3 is 5.97 Å². The predicted molar refractivity (Wildman–Crippen MR) is 136 cm³/mol. The lowest BCUT2D eigenvalue weighted by Crippen LogP contribution is -2.56. The van der Waals surface area contributed by atoms with Crippen LogP contribution in [0.15, 0.2) is 48.5 Å². The largest absolute Gasteiger partial charge is 0.469 e. The molecule has 0 radical (unpaired) electrons. The van der Waals surface area contributed by atoms with Crippen LogP contribution in [0.25, 0.3) is 10.9 Å². The van der Waals surface area contributed by atoms with Crippen LogP contribution in [0.4, 0.5) is 5.69 Å². The minimum absolute atomic E-state index is 0.0397. The van der Waals surface area contributed by atoms with Gasteiger partial charge in [-0.15, -0.1) is 0 Å². The molecule has 2 aliphatic rings. The van der Waals surface area contributed by atoms with Crippen LogP contribution in [-0.4, -0.2) is 52.9 Å². The zero-order chi connectivity index (χ0) is 25.6. The summed E-state index contributed by atoms with van der Waals surface area (Å²) in [5.74, 6) is -0.389. The number of fused-ring (bicyclic) bond motifs is 5. The number of carbonyl (C=O) groups is 2. The number of non-ortho nitro benzene ring substituents is 1. The molecule has 188 valence electrons. The first kappa shape index (κ1) is 24.2. The van der Waals surface area contributed by atoms with Crippen LogP contribution >= 0.6 is 0 Å². The van der Waals surface area contributed by atoms with E-state index in [-0.39, 0.29) is 41.2 Å². The van der Waals surface area contributed by atoms with Gasteiger partial charge in [-0.2, -0.15) is 0 Å². The molecule has 3 aromatic rings. The van der Waals surface area contributed by atoms with Gasteiger partial charge in [0.25, 0.3) is 5.69 Å². The fourth-order valence-electron chi connectivity index (χ4n) is 6.46. The van der Waals surface area contributed by atoms with Crippen molar-refractivity contribution < 1.29 is 19.2 Å². The number of likely N-dealkylation sites (tertiary alicyclic amines) is 1. The van der Waals surface area contributed by atoms with E-state index in [0.29, 0.717) is 25.1 Å². The number of para-hydroxylation sites is 1. The highest BCUT2D eigenvalue weighted by atomic mass is 16.6. The van der Waals surface area contributed by atoms with Crippen LogP contribution in [0.1, 0.15) is 41.4 Å². The summed E-state index contributed by atoms with van der Waals surface area (Å²) in [4.78, 5) is 40.0. The third-order valence-corrected chi connectivity index (χ3v) is 8.23. The van der Waals surface area contributed by atoms with Crippen molar-refractivity contribution in [1.82, 2.24) is 9.47 Å². The van der Waals surface area contributed by atoms with Gasteiger partial charge in [0.2, 0.25) is 0 Å². The standard InChI is InChI=1S/C28H31N3O5/c1-4-18-16-29(2)24-13-22-20-7-5-6-8-23(20)30(15-17-9-11-19(12-10-17)31(34)35)27(22)25(32)14-21(18)26(24)28(33)36-3/h5-12,18,21,24,26H,4,13-16H2,1-3H3/t18-,21-,24+,26?/m1/s1. The van der Waals surface area contributed by atoms with E-state index in [4.69, 9.17) is 4.74 Å². The number of nitro groups is 1. The number of nitrogens with zero attached hydrogens (tertiary/aromatic N) is 3. The monoisotopic (exact) mass is 489 g/mol. The highest BCUT2D eigenvalue weighted by Crippen LogP contribution is 2.43. The molecule has 5 rings (SSSR count). The van der Waals surface area contributed by atoms with E-state index in [9.17, 15) is 19.7 Å². The Morgan fingerprint density at radius 3 is 2.53 bits per heavy atom. The van der Waals surface area contributed by atoms with E-state index in [2.05, 4.69) is 23.4 Å². The van der Waals surface area contributed by atoms with E-state index in [1.54, 1.807) is 12.1 Å². The molecule has 1 aromatic heterocycles. The first-order chi connectivity index (χ1) is 17.3. The number of esters is 1. The van der Waals surface area contributed by atoms with Crippen molar-refractivity contribution in [3.8, 4) is 0 Å². The molecular weight excluding hydrogens is 458 g/mol. The number of carbonyl (C=O) groups excluding carboxylic acids is 2. The molecule has 4 atom stereocenters. The number of rotatable bonds is 5. The average molecular weight is 490 g/mol. The summed E-state index contributed by atoms with van der Waals surface area (Å²) in [5, 5.41) is 12.1. The topological polar surface area (TPSA) is 94.7 Å². The Hall–Kier alpha value is -3.52. The third-order valence-electron chi connectivity index (χ3n) is 8.23. The number of piperidine rings is 1. The zero-order valence-corrected chi connectivity index (χ0v) is 20.8. The maximum Gasteiger partial charge on any atom is 0.310 e. The molecule has 8 nitrogen and oxygen atoms in total. The number of aromatic nitrogens is 1. The molecule has 1 aliphatic carbocycles. The molecule has 2 aromatic carbocycles. The fraction of sp³-hybridized carbons (Fsp3) is 0.429. The van der Waals surface area contributed by atoms with Gasteiger partial charge in [0.05, 0.1) is 23.6 Å². The van der Waals surface area contributed by atoms with E-state index in [0.717, 1.165) is 35.0 Å². The first-order valence-corrected chi connectivity index (χ1v) is 12.5. The second kappa shape index (κ2) is 9.50. The van der Waals surface area contributed by atoms with Crippen molar-refractivity contribution in [2.75, 3.05) is 20.7 Å². The Morgan fingerprint density at radius 2 is 1.86 bits per heavy atom. The number of ether oxygens (including phenoxy) is 1. The molecule has 36 heavy (non-hydrogen) atoms. The van der Waals surface area contributed by atoms with E-state index in [1.165, 1.54) is 19.2 Å². The van der Waals surface area contributed by atoms with Crippen molar-refractivity contribution in [3.63, 3.8) is 0 Å². The normalized spacial score (nSPS) is 24.1. The van der Waals surface area contributed by atoms with Gasteiger partial charge in [-0.1, -0.05) is 43.7 Å². The fourth-order valence-corrected chi connectivity index (χ4v) is 6.46. The Kier molecular flexibility index (Phi) is 6.38. The lowest BCUT2D eigenvalue weighted by atomic mass is 9.67. The van der Waals surface area contributed by atoms with Gasteiger partial charge in [-0.3, -0.25) is 19.7 Å². The molecule has 0 saturated carbocycles. The van der Waals surface area contributed by atoms with Gasteiger partial charge in [0.1, 0.15) is 0 Å². The molecule has 8 heteroatoms. The molecule has 1 saturated heterocycles. The molecule has 0 N–H and O–H groups in total. The van der Waals surface area contributed by atoms with Gasteiger partial charge in [-0.05, 0) is 42.5 Å². The smallest absolute Gasteiger partial charge is 0.310 e. The van der Waals surface area contributed by atoms with E-state index in [1.807, 2.05) is 24.3 Å². The summed E-state index contributed by atoms with van der Waals surface area (Å²) in [6.07, 6.45) is 1.77. The summed E-state index contributed by atoms with van der Waals surface area (Å²) in [5.41, 5.74) is 3.54. The molecule has 1 aliphatic heterocycles. The van der Waals surface area contributed by atoms with Crippen LogP contribution in [0, 0.1) is 27.9 Å². The highest BCUT2D eigenvalue weighted by Gasteiger charge is 2.49. The third kappa shape index (κ3) is 3.99. The van der Waals surface area contributed by atoms with E-state index < -0.39 is 4.92 Å². The van der Waals surface area contributed by atoms with Crippen molar-refractivity contribution in [2.45, 2.75) is 38.8 Å². The molecule has 2 heterocycles. The summed E-state index contributed by atoms with van der Waals surface area (Å²) in [6.45, 7) is 3.40. The van der Waals surface area contributed by atoms with Crippen LogP contribution < -0.4 is 0 Å². The van der Waals surface area contributed by atoms with Crippen molar-refractivity contribution in [3.05, 3.63) is 75.5 Å². The van der Waals surface area contributed by atoms with Crippen LogP contribution in [-0.2, 0) is 22.5 Å². The lowest BCUT2D eigenvalue weighted by Gasteiger charge is -2.48. The summed E-state index contributed by atoms with van der Waals surface area (Å²) in [6, 6.07) is 14.4. The van der Waals surface area contributed by atoms with Crippen LogP contribution in [0.5, 0.6) is 0 Å². The number of Topliss-reactive ketones (excluding diaryl/α,β-unsaturated/α-hetero) is 1. The second-order valence-electron chi connectivity index (χ2n) is 10.1. The number of hydrogen-bond acceptors (Lipinski definition) is 6. The zero-order valence-electron chi connectivity index (χ0n) is 20.8. The Balaban J connectivity index is 1.66. The number of likely N-dealkylation sites (N-methyl/N-ethyl adjacent to an activating group) is 1. The first-order valence-electron chi connectivity index (χ1n) is 12.5. The highest BCUT2D eigenvalue weighted by molar-refractivity contribution is 6.03. The Labute approximate surface area is 210 Å². The maximum atomic E-state index is 14.0. The second-order valence-corrected chi connectivity index (χ2v) is 10.1. The van der Waals surface area contributed by atoms with Crippen molar-refractivity contribution >= 4 is 28.3 Å². The van der Waals surface area contributed by atoms with Crippen molar-refractivity contribution in [1.29, 1.82) is 0 Å². The number of hydrogen-bond donors (Lipinski definition) is 0. The van der Waals surface area contributed by atoms with Crippen LogP contribution in [0.2, 0.25) is 0 Å². The minimum atomic E-state index is -0.412. The molecule has 1 fully saturated rings. The quantitative estimate of drug-likeness (QED) is 0.298. The molecule has 1 unspecified atom stereocenters. The number of methoxy groups -OCH3 is 1. The van der Waals surface area contributed by atoms with E-state index >= 15 is 0 Å². The summed E-state index contributed by atoms with van der Waals surface area (Å²) < 4.78 is 7.31. The SMILES string of the molecule is CC[C@@H]1CN(C)[C@H]2Cc3c(n(Cc4ccc([N+](=O)[O-])cc4)c4ccccc34)C(=O)C[C@H]1C2C(=O)OC. The molecule has 2 bridgehead atoms. The summed E-state index contributed by atoms with van der Waals surface area (Å²) in [7, 11) is 3.50. The Bertz CT molecular complexity index is 1330. The maximum absolute atomic E-state index is 14.0. The van der Waals surface area contributed by atoms with Gasteiger partial charge in [-0.25, -0.2) is 0 Å². The Morgan fingerprint density at radius 1 is 1.14 bits per heavy atom. The summed E-state index contributed by atoms with van der Waals surface area (Å²) >= 11 is 0. The minimum Gasteiger partial charge on any atom is -0.469 e. The van der Waals surface area contributed by atoms with Crippen LogP contribution in [0.3, 0.4) is 0 Å². The van der Waals surface area contributed by atoms with Gasteiger partial charge in [0.15, 0.2) is 5.78 Å². The number of ketones is 1. The number of nitro benzene ring substituents is 1. The molecule has 0 spiro atoms. The average Bonchev–Trinajstić information content (AvgIpc) is 3.17. The van der Waals surface area contributed by atoms with Gasteiger partial charge < -0.3 is 14.2 Å². The molecular formula is C28H31N3O5. The van der Waals surface area contributed by atoms with Gasteiger partial charge in [0, 0.05) is 48.6 Å². The number of benzene rings is 2. The lowest BCUT2D eigenvalue weighted by molar-refractivity contribution is -0.384. The molecule has 0 amide bonds. The van der Waals surface area contributed by atoms with Crippen molar-refractivity contribution in [2.24, 2.45) is 17.8 Å².